The zero-order valence-corrected chi connectivity index (χ0v) is 17.6. The van der Waals surface area contributed by atoms with E-state index in [9.17, 15) is 4.79 Å². The highest BCUT2D eigenvalue weighted by molar-refractivity contribution is 5.89. The first-order valence-electron chi connectivity index (χ1n) is 9.37. The van der Waals surface area contributed by atoms with Gasteiger partial charge in [-0.25, -0.2) is 4.79 Å². The van der Waals surface area contributed by atoms with Crippen LogP contribution in [0.5, 0.6) is 0 Å². The average Bonchev–Trinajstić information content (AvgIpc) is 2.57. The van der Waals surface area contributed by atoms with E-state index in [4.69, 9.17) is 0 Å². The number of benzene rings is 1. The summed E-state index contributed by atoms with van der Waals surface area (Å²) >= 11 is 0. The molecule has 1 aromatic heterocycles. The molecule has 0 fully saturated rings. The fourth-order valence-electron chi connectivity index (χ4n) is 2.97. The summed E-state index contributed by atoms with van der Waals surface area (Å²) in [6, 6.07) is 3.83. The average molecular weight is 369 g/mol. The Labute approximate surface area is 163 Å². The molecular formula is C22H32N4O. The molecule has 5 heteroatoms. The van der Waals surface area contributed by atoms with Crippen LogP contribution in [0.2, 0.25) is 0 Å². The monoisotopic (exact) mass is 368 g/mol. The Balaban J connectivity index is 1.89. The van der Waals surface area contributed by atoms with Crippen LogP contribution >= 0.6 is 0 Å². The molecule has 2 aromatic rings. The second kappa shape index (κ2) is 8.42. The summed E-state index contributed by atoms with van der Waals surface area (Å²) in [5.74, 6) is 0. The van der Waals surface area contributed by atoms with Crippen molar-refractivity contribution in [3.63, 3.8) is 0 Å². The van der Waals surface area contributed by atoms with E-state index in [2.05, 4.69) is 55.6 Å². The molecule has 146 valence electrons. The van der Waals surface area contributed by atoms with Crippen LogP contribution in [0.3, 0.4) is 0 Å². The molecule has 0 radical (unpaired) electrons. The van der Waals surface area contributed by atoms with Crippen LogP contribution in [0.4, 0.5) is 16.2 Å². The van der Waals surface area contributed by atoms with Gasteiger partial charge in [0.05, 0.1) is 0 Å². The van der Waals surface area contributed by atoms with Crippen LogP contribution in [-0.4, -0.2) is 24.1 Å². The molecule has 0 bridgehead atoms. The van der Waals surface area contributed by atoms with Crippen LogP contribution in [-0.2, 0) is 0 Å². The molecule has 27 heavy (non-hydrogen) atoms. The first-order chi connectivity index (χ1) is 12.6. The lowest BCUT2D eigenvalue weighted by atomic mass is 9.93. The van der Waals surface area contributed by atoms with E-state index in [0.717, 1.165) is 29.0 Å². The molecule has 0 aliphatic carbocycles. The summed E-state index contributed by atoms with van der Waals surface area (Å²) in [5, 5.41) is 9.43. The molecule has 0 aliphatic rings. The van der Waals surface area contributed by atoms with E-state index in [-0.39, 0.29) is 11.4 Å². The Morgan fingerprint density at radius 3 is 2.04 bits per heavy atom. The highest BCUT2D eigenvalue weighted by atomic mass is 16.2. The van der Waals surface area contributed by atoms with Gasteiger partial charge in [0.25, 0.3) is 0 Å². The number of aromatic nitrogens is 1. The quantitative estimate of drug-likeness (QED) is 0.680. The Morgan fingerprint density at radius 1 is 0.926 bits per heavy atom. The molecule has 0 atom stereocenters. The fraction of sp³-hybridized carbons (Fsp3) is 0.455. The molecule has 0 unspecified atom stereocenters. The van der Waals surface area contributed by atoms with Gasteiger partial charge in [0.2, 0.25) is 0 Å². The number of hydrogen-bond donors (Lipinski definition) is 3. The summed E-state index contributed by atoms with van der Waals surface area (Å²) in [6.07, 6.45) is 3.72. The third-order valence-electron chi connectivity index (χ3n) is 4.98. The first-order valence-corrected chi connectivity index (χ1v) is 9.37. The van der Waals surface area contributed by atoms with Gasteiger partial charge in [-0.05, 0) is 80.0 Å². The minimum Gasteiger partial charge on any atom is -0.384 e. The van der Waals surface area contributed by atoms with E-state index in [0.29, 0.717) is 6.54 Å². The maximum absolute atomic E-state index is 12.3. The third kappa shape index (κ3) is 5.71. The number of anilines is 2. The van der Waals surface area contributed by atoms with Gasteiger partial charge in [0.1, 0.15) is 0 Å². The molecule has 0 saturated heterocycles. The van der Waals surface area contributed by atoms with Gasteiger partial charge < -0.3 is 16.0 Å². The Hall–Kier alpha value is -2.56. The summed E-state index contributed by atoms with van der Waals surface area (Å²) in [6.45, 7) is 15.9. The molecule has 0 saturated carbocycles. The standard InChI is InChI=1S/C22H32N4O/c1-14-8-19(9-15(2)18(14)5)26-21(27)25-13-22(6,7)12-24-20-16(3)10-23-11-17(20)4/h8-11H,12-13H2,1-7H3,(H,23,24)(H2,25,26,27). The number of nitrogens with one attached hydrogen (secondary N) is 3. The van der Waals surface area contributed by atoms with Crippen molar-refractivity contribution >= 4 is 17.4 Å². The van der Waals surface area contributed by atoms with Crippen LogP contribution < -0.4 is 16.0 Å². The lowest BCUT2D eigenvalue weighted by molar-refractivity contribution is 0.246. The number of urea groups is 1. The van der Waals surface area contributed by atoms with E-state index >= 15 is 0 Å². The number of hydrogen-bond acceptors (Lipinski definition) is 3. The largest absolute Gasteiger partial charge is 0.384 e. The van der Waals surface area contributed by atoms with Crippen molar-refractivity contribution in [1.82, 2.24) is 10.3 Å². The lowest BCUT2D eigenvalue weighted by Gasteiger charge is -2.27. The van der Waals surface area contributed by atoms with Gasteiger partial charge in [-0.1, -0.05) is 13.8 Å². The minimum absolute atomic E-state index is 0.0986. The maximum atomic E-state index is 12.3. The van der Waals surface area contributed by atoms with Crippen LogP contribution in [0.1, 0.15) is 41.7 Å². The van der Waals surface area contributed by atoms with Gasteiger partial charge in [-0.3, -0.25) is 4.98 Å². The minimum atomic E-state index is -0.179. The van der Waals surface area contributed by atoms with Crippen molar-refractivity contribution in [2.24, 2.45) is 5.41 Å². The second-order valence-electron chi connectivity index (χ2n) is 8.21. The maximum Gasteiger partial charge on any atom is 0.319 e. The van der Waals surface area contributed by atoms with Gasteiger partial charge in [0.15, 0.2) is 0 Å². The van der Waals surface area contributed by atoms with E-state index in [1.54, 1.807) is 0 Å². The first kappa shape index (κ1) is 20.7. The van der Waals surface area contributed by atoms with Crippen LogP contribution in [0.25, 0.3) is 0 Å². The topological polar surface area (TPSA) is 66.1 Å². The highest BCUT2D eigenvalue weighted by Crippen LogP contribution is 2.22. The molecule has 5 nitrogen and oxygen atoms in total. The molecule has 0 aliphatic heterocycles. The smallest absolute Gasteiger partial charge is 0.319 e. The van der Waals surface area contributed by atoms with E-state index in [1.807, 2.05) is 38.4 Å². The van der Waals surface area contributed by atoms with E-state index < -0.39 is 0 Å². The molecule has 1 heterocycles. The number of amides is 2. The number of nitrogens with zero attached hydrogens (tertiary/aromatic N) is 1. The zero-order valence-electron chi connectivity index (χ0n) is 17.6. The number of carbonyl (C=O) groups excluding carboxylic acids is 1. The van der Waals surface area contributed by atoms with E-state index in [1.165, 1.54) is 16.7 Å². The molecule has 1 aromatic carbocycles. The fourth-order valence-corrected chi connectivity index (χ4v) is 2.97. The Bertz CT molecular complexity index is 784. The number of pyridine rings is 1. The van der Waals surface area contributed by atoms with Crippen molar-refractivity contribution in [1.29, 1.82) is 0 Å². The molecular weight excluding hydrogens is 336 g/mol. The normalized spacial score (nSPS) is 11.2. The van der Waals surface area contributed by atoms with Crippen LogP contribution in [0, 0.1) is 40.0 Å². The molecule has 2 rings (SSSR count). The summed E-state index contributed by atoms with van der Waals surface area (Å²) in [7, 11) is 0. The van der Waals surface area contributed by atoms with Gasteiger partial charge in [0, 0.05) is 36.9 Å². The third-order valence-corrected chi connectivity index (χ3v) is 4.98. The van der Waals surface area contributed by atoms with Crippen molar-refractivity contribution in [2.75, 3.05) is 23.7 Å². The van der Waals surface area contributed by atoms with Crippen molar-refractivity contribution in [2.45, 2.75) is 48.5 Å². The zero-order chi connectivity index (χ0) is 20.2. The van der Waals surface area contributed by atoms with Crippen molar-refractivity contribution in [3.05, 3.63) is 52.3 Å². The van der Waals surface area contributed by atoms with Gasteiger partial charge in [-0.15, -0.1) is 0 Å². The molecule has 3 N–H and O–H groups in total. The van der Waals surface area contributed by atoms with Crippen LogP contribution in [0.15, 0.2) is 24.5 Å². The SMILES string of the molecule is Cc1cc(NC(=O)NCC(C)(C)CNc2c(C)cncc2C)cc(C)c1C. The summed E-state index contributed by atoms with van der Waals surface area (Å²) in [4.78, 5) is 16.5. The summed E-state index contributed by atoms with van der Waals surface area (Å²) in [5.41, 5.74) is 7.72. The van der Waals surface area contributed by atoms with Crippen molar-refractivity contribution in [3.8, 4) is 0 Å². The predicted molar refractivity (Wildman–Crippen MR) is 114 cm³/mol. The number of aryl methyl sites for hydroxylation is 4. The second-order valence-corrected chi connectivity index (χ2v) is 8.21. The molecule has 2 amide bonds. The lowest BCUT2D eigenvalue weighted by Crippen LogP contribution is -2.40. The summed E-state index contributed by atoms with van der Waals surface area (Å²) < 4.78 is 0. The van der Waals surface area contributed by atoms with Crippen molar-refractivity contribution < 1.29 is 4.79 Å². The number of rotatable bonds is 6. The Morgan fingerprint density at radius 2 is 1.48 bits per heavy atom. The predicted octanol–water partition coefficient (Wildman–Crippen LogP) is 4.88. The molecule has 0 spiro atoms. The highest BCUT2D eigenvalue weighted by Gasteiger charge is 2.19. The number of carbonyl (C=O) groups is 1. The van der Waals surface area contributed by atoms with Gasteiger partial charge >= 0.3 is 6.03 Å². The van der Waals surface area contributed by atoms with Gasteiger partial charge in [-0.2, -0.15) is 0 Å². The Kier molecular flexibility index (Phi) is 6.47.